The molecular weight excluding hydrogens is 224 g/mol. The molecule has 0 aliphatic rings. The molecule has 0 aliphatic heterocycles. The highest BCUT2D eigenvalue weighted by Gasteiger charge is 2.40. The maximum absolute atomic E-state index is 11.6. The lowest BCUT2D eigenvalue weighted by Crippen LogP contribution is -2.45. The number of ether oxygens (including phenoxy) is 3. The van der Waals surface area contributed by atoms with Crippen molar-refractivity contribution in [3.8, 4) is 5.75 Å². The molecule has 0 bridgehead atoms. The summed E-state index contributed by atoms with van der Waals surface area (Å²) in [5, 5.41) is 9.17. The minimum atomic E-state index is -1.45. The van der Waals surface area contributed by atoms with E-state index in [1.165, 1.54) is 33.5 Å². The highest BCUT2D eigenvalue weighted by Crippen LogP contribution is 2.21. The zero-order chi connectivity index (χ0) is 12.9. The summed E-state index contributed by atoms with van der Waals surface area (Å²) >= 11 is 0. The van der Waals surface area contributed by atoms with Gasteiger partial charge in [-0.15, -0.1) is 0 Å². The Hall–Kier alpha value is -1.59. The first-order chi connectivity index (χ1) is 8.07. The number of phenolic OH excluding ortho intramolecular Hbond substituents is 1. The van der Waals surface area contributed by atoms with Crippen LogP contribution in [0.2, 0.25) is 0 Å². The molecule has 0 heterocycles. The first kappa shape index (κ1) is 13.5. The third kappa shape index (κ3) is 2.95. The SMILES string of the molecule is COC(=O)C(Cc1ccc(O)cc1)(OC)OC. The monoisotopic (exact) mass is 240 g/mol. The predicted octanol–water partition coefficient (Wildman–Crippen LogP) is 1.10. The van der Waals surface area contributed by atoms with Crippen LogP contribution in [0.5, 0.6) is 5.75 Å². The largest absolute Gasteiger partial charge is 0.508 e. The van der Waals surface area contributed by atoms with E-state index in [1.54, 1.807) is 12.1 Å². The zero-order valence-corrected chi connectivity index (χ0v) is 10.1. The van der Waals surface area contributed by atoms with Crippen LogP contribution in [-0.4, -0.2) is 38.2 Å². The molecule has 0 radical (unpaired) electrons. The van der Waals surface area contributed by atoms with Crippen molar-refractivity contribution in [2.45, 2.75) is 12.2 Å². The van der Waals surface area contributed by atoms with Gasteiger partial charge < -0.3 is 19.3 Å². The molecule has 0 saturated carbocycles. The molecular formula is C12H16O5. The summed E-state index contributed by atoms with van der Waals surface area (Å²) in [7, 11) is 4.02. The lowest BCUT2D eigenvalue weighted by Gasteiger charge is -2.27. The number of hydrogen-bond donors (Lipinski definition) is 1. The molecule has 0 saturated heterocycles. The van der Waals surface area contributed by atoms with Crippen LogP contribution in [0, 0.1) is 0 Å². The van der Waals surface area contributed by atoms with E-state index in [-0.39, 0.29) is 12.2 Å². The van der Waals surface area contributed by atoms with Crippen LogP contribution in [0.1, 0.15) is 5.56 Å². The zero-order valence-electron chi connectivity index (χ0n) is 10.1. The molecule has 0 aliphatic carbocycles. The van der Waals surface area contributed by atoms with Crippen LogP contribution >= 0.6 is 0 Å². The van der Waals surface area contributed by atoms with E-state index in [2.05, 4.69) is 4.74 Å². The Bertz CT molecular complexity index is 367. The van der Waals surface area contributed by atoms with Crippen LogP contribution in [0.15, 0.2) is 24.3 Å². The standard InChI is InChI=1S/C12H16O5/c1-15-11(14)12(16-2,17-3)8-9-4-6-10(13)7-5-9/h4-7,13H,8H2,1-3H3. The number of methoxy groups -OCH3 is 3. The van der Waals surface area contributed by atoms with E-state index in [4.69, 9.17) is 9.47 Å². The smallest absolute Gasteiger partial charge is 0.366 e. The number of rotatable bonds is 5. The molecule has 94 valence electrons. The second kappa shape index (κ2) is 5.65. The van der Waals surface area contributed by atoms with Crippen molar-refractivity contribution in [1.29, 1.82) is 0 Å². The molecule has 17 heavy (non-hydrogen) atoms. The Balaban J connectivity index is 2.93. The number of aromatic hydroxyl groups is 1. The minimum absolute atomic E-state index is 0.159. The van der Waals surface area contributed by atoms with Crippen molar-refractivity contribution in [3.63, 3.8) is 0 Å². The third-order valence-electron chi connectivity index (χ3n) is 2.53. The fourth-order valence-electron chi connectivity index (χ4n) is 1.50. The number of hydrogen-bond acceptors (Lipinski definition) is 5. The highest BCUT2D eigenvalue weighted by atomic mass is 16.7. The molecule has 1 rings (SSSR count). The van der Waals surface area contributed by atoms with Gasteiger partial charge in [0.1, 0.15) is 5.75 Å². The van der Waals surface area contributed by atoms with E-state index in [9.17, 15) is 9.90 Å². The summed E-state index contributed by atoms with van der Waals surface area (Å²) in [6.45, 7) is 0. The molecule has 0 atom stereocenters. The number of carbonyl (C=O) groups is 1. The normalized spacial score (nSPS) is 11.2. The minimum Gasteiger partial charge on any atom is -0.508 e. The van der Waals surface area contributed by atoms with E-state index < -0.39 is 11.8 Å². The Kier molecular flexibility index (Phi) is 4.48. The van der Waals surface area contributed by atoms with Crippen molar-refractivity contribution in [2.24, 2.45) is 0 Å². The van der Waals surface area contributed by atoms with Crippen molar-refractivity contribution in [2.75, 3.05) is 21.3 Å². The van der Waals surface area contributed by atoms with Gasteiger partial charge in [0.25, 0.3) is 5.79 Å². The predicted molar refractivity (Wildman–Crippen MR) is 60.6 cm³/mol. The lowest BCUT2D eigenvalue weighted by atomic mass is 10.0. The molecule has 5 heteroatoms. The molecule has 0 aromatic heterocycles. The van der Waals surface area contributed by atoms with Crippen molar-refractivity contribution >= 4 is 5.97 Å². The summed E-state index contributed by atoms with van der Waals surface area (Å²) in [5.41, 5.74) is 0.789. The van der Waals surface area contributed by atoms with Crippen LogP contribution < -0.4 is 0 Å². The van der Waals surface area contributed by atoms with Gasteiger partial charge >= 0.3 is 5.97 Å². The summed E-state index contributed by atoms with van der Waals surface area (Å²) in [6, 6.07) is 6.43. The Labute approximate surface area is 99.9 Å². The first-order valence-corrected chi connectivity index (χ1v) is 5.04. The summed E-state index contributed by atoms with van der Waals surface area (Å²) < 4.78 is 14.9. The van der Waals surface area contributed by atoms with E-state index >= 15 is 0 Å². The molecule has 0 spiro atoms. The van der Waals surface area contributed by atoms with Gasteiger partial charge in [0, 0.05) is 20.6 Å². The second-order valence-electron chi connectivity index (χ2n) is 3.50. The number of benzene rings is 1. The average Bonchev–Trinajstić information content (AvgIpc) is 2.37. The molecule has 1 aromatic rings. The van der Waals surface area contributed by atoms with Crippen molar-refractivity contribution in [1.82, 2.24) is 0 Å². The fourth-order valence-corrected chi connectivity index (χ4v) is 1.50. The molecule has 1 N–H and O–H groups in total. The van der Waals surface area contributed by atoms with Gasteiger partial charge in [-0.3, -0.25) is 0 Å². The molecule has 1 aromatic carbocycles. The van der Waals surface area contributed by atoms with Gasteiger partial charge in [-0.05, 0) is 17.7 Å². The molecule has 5 nitrogen and oxygen atoms in total. The van der Waals surface area contributed by atoms with Crippen LogP contribution in [-0.2, 0) is 25.4 Å². The maximum atomic E-state index is 11.6. The van der Waals surface area contributed by atoms with Crippen molar-refractivity contribution in [3.05, 3.63) is 29.8 Å². The van der Waals surface area contributed by atoms with Crippen molar-refractivity contribution < 1.29 is 24.1 Å². The van der Waals surface area contributed by atoms with E-state index in [0.717, 1.165) is 5.56 Å². The molecule has 0 unspecified atom stereocenters. The van der Waals surface area contributed by atoms with Gasteiger partial charge in [0.15, 0.2) is 0 Å². The second-order valence-corrected chi connectivity index (χ2v) is 3.50. The number of phenols is 1. The average molecular weight is 240 g/mol. The van der Waals surface area contributed by atoms with Crippen LogP contribution in [0.4, 0.5) is 0 Å². The lowest BCUT2D eigenvalue weighted by molar-refractivity contribution is -0.227. The molecule has 0 fully saturated rings. The Morgan fingerprint density at radius 2 is 1.71 bits per heavy atom. The van der Waals surface area contributed by atoms with E-state index in [0.29, 0.717) is 0 Å². The number of carbonyl (C=O) groups excluding carboxylic acids is 1. The fraction of sp³-hybridized carbons (Fsp3) is 0.417. The third-order valence-corrected chi connectivity index (χ3v) is 2.53. The Morgan fingerprint density at radius 1 is 1.18 bits per heavy atom. The molecule has 0 amide bonds. The van der Waals surface area contributed by atoms with Crippen LogP contribution in [0.25, 0.3) is 0 Å². The summed E-state index contributed by atoms with van der Waals surface area (Å²) in [5.74, 6) is -1.89. The topological polar surface area (TPSA) is 65.0 Å². The summed E-state index contributed by atoms with van der Waals surface area (Å²) in [6.07, 6.45) is 0.201. The highest BCUT2D eigenvalue weighted by molar-refractivity contribution is 5.78. The maximum Gasteiger partial charge on any atom is 0.366 e. The number of esters is 1. The Morgan fingerprint density at radius 3 is 2.12 bits per heavy atom. The van der Waals surface area contributed by atoms with Gasteiger partial charge in [-0.1, -0.05) is 12.1 Å². The summed E-state index contributed by atoms with van der Waals surface area (Å²) in [4.78, 5) is 11.6. The van der Waals surface area contributed by atoms with E-state index in [1.807, 2.05) is 0 Å². The van der Waals surface area contributed by atoms with Gasteiger partial charge in [-0.2, -0.15) is 0 Å². The van der Waals surface area contributed by atoms with Gasteiger partial charge in [0.2, 0.25) is 0 Å². The first-order valence-electron chi connectivity index (χ1n) is 5.04. The quantitative estimate of drug-likeness (QED) is 0.616. The van der Waals surface area contributed by atoms with Gasteiger partial charge in [-0.25, -0.2) is 4.79 Å². The van der Waals surface area contributed by atoms with Crippen LogP contribution in [0.3, 0.4) is 0 Å². The van der Waals surface area contributed by atoms with Gasteiger partial charge in [0.05, 0.1) is 7.11 Å².